The van der Waals surface area contributed by atoms with Gasteiger partial charge in [-0.2, -0.15) is 0 Å². The molecular formula is C11H9N. The van der Waals surface area contributed by atoms with Crippen molar-refractivity contribution in [2.75, 3.05) is 0 Å². The van der Waals surface area contributed by atoms with Crippen LogP contribution < -0.4 is 0 Å². The van der Waals surface area contributed by atoms with E-state index in [0.717, 1.165) is 12.1 Å². The van der Waals surface area contributed by atoms with Crippen LogP contribution in [0.25, 0.3) is 10.9 Å². The Balaban J connectivity index is 2.50. The molecule has 0 unspecified atom stereocenters. The summed E-state index contributed by atoms with van der Waals surface area (Å²) in [5.41, 5.74) is 5.16. The summed E-state index contributed by atoms with van der Waals surface area (Å²) in [7, 11) is 0. The molecule has 0 amide bonds. The summed E-state index contributed by atoms with van der Waals surface area (Å²) >= 11 is 0. The molecule has 1 nitrogen and oxygen atoms in total. The summed E-state index contributed by atoms with van der Waals surface area (Å²) in [6.45, 7) is 2.04. The van der Waals surface area contributed by atoms with Crippen LogP contribution in [0.5, 0.6) is 0 Å². The molecule has 0 fully saturated rings. The van der Waals surface area contributed by atoms with Gasteiger partial charge in [0.2, 0.25) is 0 Å². The van der Waals surface area contributed by atoms with E-state index in [4.69, 9.17) is 0 Å². The summed E-state index contributed by atoms with van der Waals surface area (Å²) in [6, 6.07) is 8.69. The van der Waals surface area contributed by atoms with Gasteiger partial charge in [-0.1, -0.05) is 12.1 Å². The fourth-order valence-corrected chi connectivity index (χ4v) is 1.80. The summed E-state index contributed by atoms with van der Waals surface area (Å²) in [4.78, 5) is 4.52. The minimum Gasteiger partial charge on any atom is -0.253 e. The SMILES string of the molecule is Cc1ccc2cc3cc(c2n1)C3. The van der Waals surface area contributed by atoms with Gasteiger partial charge in [-0.05, 0) is 36.6 Å². The smallest absolute Gasteiger partial charge is 0.0740 e. The summed E-state index contributed by atoms with van der Waals surface area (Å²) in [5, 5.41) is 1.29. The lowest BCUT2D eigenvalue weighted by atomic mass is 9.90. The average Bonchev–Trinajstić information content (AvgIpc) is 2.01. The van der Waals surface area contributed by atoms with Crippen molar-refractivity contribution in [2.45, 2.75) is 13.3 Å². The van der Waals surface area contributed by atoms with Crippen molar-refractivity contribution < 1.29 is 0 Å². The van der Waals surface area contributed by atoms with Crippen LogP contribution in [0.15, 0.2) is 24.3 Å². The van der Waals surface area contributed by atoms with Gasteiger partial charge in [0.15, 0.2) is 0 Å². The molecule has 1 aromatic carbocycles. The lowest BCUT2D eigenvalue weighted by molar-refractivity contribution is 1.09. The fourth-order valence-electron chi connectivity index (χ4n) is 1.80. The topological polar surface area (TPSA) is 12.9 Å². The number of aromatic nitrogens is 1. The van der Waals surface area contributed by atoms with Gasteiger partial charge in [0.25, 0.3) is 0 Å². The van der Waals surface area contributed by atoms with E-state index in [1.54, 1.807) is 0 Å². The molecule has 0 saturated heterocycles. The van der Waals surface area contributed by atoms with Crippen molar-refractivity contribution in [3.63, 3.8) is 0 Å². The van der Waals surface area contributed by atoms with E-state index in [9.17, 15) is 0 Å². The Morgan fingerprint density at radius 3 is 2.92 bits per heavy atom. The first-order valence-electron chi connectivity index (χ1n) is 4.22. The van der Waals surface area contributed by atoms with Crippen molar-refractivity contribution in [3.05, 3.63) is 41.1 Å². The first-order chi connectivity index (χ1) is 5.83. The Kier molecular flexibility index (Phi) is 0.959. The number of pyridine rings is 1. The lowest BCUT2D eigenvalue weighted by Crippen LogP contribution is -2.03. The van der Waals surface area contributed by atoms with Crippen LogP contribution in [-0.2, 0) is 6.42 Å². The van der Waals surface area contributed by atoms with Crippen molar-refractivity contribution >= 4 is 10.9 Å². The average molecular weight is 155 g/mol. The second kappa shape index (κ2) is 1.86. The van der Waals surface area contributed by atoms with Crippen molar-refractivity contribution in [2.24, 2.45) is 0 Å². The third kappa shape index (κ3) is 0.658. The van der Waals surface area contributed by atoms with Gasteiger partial charge in [0.1, 0.15) is 0 Å². The largest absolute Gasteiger partial charge is 0.253 e. The maximum absolute atomic E-state index is 4.52. The Morgan fingerprint density at radius 2 is 2.08 bits per heavy atom. The molecule has 2 bridgehead atoms. The Morgan fingerprint density at radius 1 is 1.25 bits per heavy atom. The number of hydrogen-bond donors (Lipinski definition) is 0. The van der Waals surface area contributed by atoms with Crippen LogP contribution in [0.1, 0.15) is 16.8 Å². The van der Waals surface area contributed by atoms with Gasteiger partial charge in [0.05, 0.1) is 5.52 Å². The second-order valence-corrected chi connectivity index (χ2v) is 3.46. The van der Waals surface area contributed by atoms with Gasteiger partial charge in [-0.3, -0.25) is 4.98 Å². The molecular weight excluding hydrogens is 146 g/mol. The quantitative estimate of drug-likeness (QED) is 0.486. The molecule has 2 aliphatic carbocycles. The molecule has 58 valence electrons. The first-order valence-corrected chi connectivity index (χ1v) is 4.22. The van der Waals surface area contributed by atoms with E-state index in [0.29, 0.717) is 0 Å². The van der Waals surface area contributed by atoms with Crippen LogP contribution >= 0.6 is 0 Å². The number of nitrogens with zero attached hydrogens (tertiary/aromatic N) is 1. The van der Waals surface area contributed by atoms with Gasteiger partial charge >= 0.3 is 0 Å². The maximum atomic E-state index is 4.52. The molecule has 1 aromatic heterocycles. The molecule has 0 spiro atoms. The molecule has 1 heterocycles. The first kappa shape index (κ1) is 6.18. The molecule has 0 saturated carbocycles. The molecule has 4 rings (SSSR count). The predicted octanol–water partition coefficient (Wildman–Crippen LogP) is 2.45. The van der Waals surface area contributed by atoms with Gasteiger partial charge < -0.3 is 0 Å². The minimum atomic E-state index is 1.11. The molecule has 2 aromatic rings. The zero-order valence-electron chi connectivity index (χ0n) is 6.96. The van der Waals surface area contributed by atoms with Crippen molar-refractivity contribution in [1.82, 2.24) is 4.98 Å². The van der Waals surface area contributed by atoms with Crippen LogP contribution in [-0.4, -0.2) is 4.98 Å². The highest BCUT2D eigenvalue weighted by Gasteiger charge is 2.14. The Labute approximate surface area is 71.1 Å². The zero-order valence-corrected chi connectivity index (χ0v) is 6.96. The number of aryl methyl sites for hydroxylation is 1. The Bertz CT molecular complexity index is 472. The van der Waals surface area contributed by atoms with E-state index in [1.807, 2.05) is 6.92 Å². The van der Waals surface area contributed by atoms with Gasteiger partial charge in [-0.15, -0.1) is 0 Å². The Hall–Kier alpha value is -1.37. The van der Waals surface area contributed by atoms with Gasteiger partial charge in [0, 0.05) is 11.1 Å². The third-order valence-electron chi connectivity index (χ3n) is 2.46. The highest BCUT2D eigenvalue weighted by Crippen LogP contribution is 2.29. The van der Waals surface area contributed by atoms with E-state index >= 15 is 0 Å². The number of benzene rings is 1. The number of rotatable bonds is 0. The van der Waals surface area contributed by atoms with Crippen LogP contribution in [0.4, 0.5) is 0 Å². The third-order valence-corrected chi connectivity index (χ3v) is 2.46. The highest BCUT2D eigenvalue weighted by molar-refractivity contribution is 5.86. The maximum Gasteiger partial charge on any atom is 0.0740 e. The van der Waals surface area contributed by atoms with Crippen molar-refractivity contribution in [3.8, 4) is 0 Å². The standard InChI is InChI=1S/C11H9N/c1-7-2-3-9-4-8-5-10(6-8)11(9)12-7/h2-5H,6H2,1H3. The molecule has 0 N–H and O–H groups in total. The van der Waals surface area contributed by atoms with E-state index < -0.39 is 0 Å². The molecule has 0 aliphatic heterocycles. The summed E-state index contributed by atoms with van der Waals surface area (Å²) < 4.78 is 0. The normalized spacial score (nSPS) is 13.1. The molecule has 0 radical (unpaired) electrons. The van der Waals surface area contributed by atoms with Crippen LogP contribution in [0.2, 0.25) is 0 Å². The zero-order chi connectivity index (χ0) is 8.13. The van der Waals surface area contributed by atoms with Crippen LogP contribution in [0.3, 0.4) is 0 Å². The lowest BCUT2D eigenvalue weighted by Gasteiger charge is -2.17. The van der Waals surface area contributed by atoms with E-state index in [-0.39, 0.29) is 0 Å². The second-order valence-electron chi connectivity index (χ2n) is 3.46. The van der Waals surface area contributed by atoms with E-state index in [2.05, 4.69) is 29.2 Å². The monoisotopic (exact) mass is 155 g/mol. The highest BCUT2D eigenvalue weighted by atomic mass is 14.7. The van der Waals surface area contributed by atoms with Crippen LogP contribution in [0, 0.1) is 6.92 Å². The molecule has 1 heteroatoms. The van der Waals surface area contributed by atoms with Crippen molar-refractivity contribution in [1.29, 1.82) is 0 Å². The van der Waals surface area contributed by atoms with E-state index in [1.165, 1.54) is 22.0 Å². The minimum absolute atomic E-state index is 1.11. The molecule has 2 aliphatic rings. The predicted molar refractivity (Wildman–Crippen MR) is 49.3 cm³/mol. The molecule has 0 atom stereocenters. The number of hydrogen-bond acceptors (Lipinski definition) is 1. The van der Waals surface area contributed by atoms with Gasteiger partial charge in [-0.25, -0.2) is 0 Å². The molecule has 12 heavy (non-hydrogen) atoms. The fraction of sp³-hybridized carbons (Fsp3) is 0.182. The summed E-state index contributed by atoms with van der Waals surface area (Å²) in [5.74, 6) is 0. The summed E-state index contributed by atoms with van der Waals surface area (Å²) in [6.07, 6.45) is 1.13.